The van der Waals surface area contributed by atoms with E-state index in [0.29, 0.717) is 36.7 Å². The smallest absolute Gasteiger partial charge is 0.317 e. The number of aromatic nitrogens is 2. The summed E-state index contributed by atoms with van der Waals surface area (Å²) in [7, 11) is -1.63. The second kappa shape index (κ2) is 7.54. The van der Waals surface area contributed by atoms with Crippen LogP contribution in [0.4, 0.5) is 4.79 Å². The van der Waals surface area contributed by atoms with Crippen LogP contribution < -0.4 is 10.0 Å². The normalized spacial score (nSPS) is 16.1. The van der Waals surface area contributed by atoms with E-state index in [0.717, 1.165) is 5.56 Å². The highest BCUT2D eigenvalue weighted by Crippen LogP contribution is 2.18. The summed E-state index contributed by atoms with van der Waals surface area (Å²) in [6.07, 6.45) is 4.77. The molecule has 0 spiro atoms. The van der Waals surface area contributed by atoms with Crippen molar-refractivity contribution in [2.45, 2.75) is 29.6 Å². The van der Waals surface area contributed by atoms with Crippen molar-refractivity contribution in [2.24, 2.45) is 7.05 Å². The monoisotopic (exact) mass is 383 g/mol. The Labute approximate surface area is 150 Å². The van der Waals surface area contributed by atoms with Gasteiger partial charge in [0.05, 0.1) is 6.20 Å². The van der Waals surface area contributed by atoms with Crippen molar-refractivity contribution in [3.05, 3.63) is 35.5 Å². The van der Waals surface area contributed by atoms with E-state index in [1.807, 2.05) is 13.2 Å². The summed E-state index contributed by atoms with van der Waals surface area (Å²) < 4.78 is 29.2. The van der Waals surface area contributed by atoms with Crippen LogP contribution in [0.5, 0.6) is 0 Å². The Morgan fingerprint density at radius 2 is 2.16 bits per heavy atom. The molecule has 1 fully saturated rings. The van der Waals surface area contributed by atoms with Gasteiger partial charge in [-0.05, 0) is 24.3 Å². The topological polar surface area (TPSA) is 96.3 Å². The first-order valence-electron chi connectivity index (χ1n) is 8.00. The molecule has 2 amide bonds. The summed E-state index contributed by atoms with van der Waals surface area (Å²) in [5.41, 5.74) is 0.939. The number of thiophene rings is 1. The van der Waals surface area contributed by atoms with Gasteiger partial charge >= 0.3 is 6.03 Å². The van der Waals surface area contributed by atoms with E-state index >= 15 is 0 Å². The number of likely N-dealkylation sites (tertiary alicyclic amines) is 1. The number of carbonyl (C=O) groups is 1. The third-order valence-electron chi connectivity index (χ3n) is 4.07. The van der Waals surface area contributed by atoms with Crippen LogP contribution in [-0.4, -0.2) is 48.3 Å². The predicted molar refractivity (Wildman–Crippen MR) is 94.7 cm³/mol. The van der Waals surface area contributed by atoms with Crippen molar-refractivity contribution < 1.29 is 13.2 Å². The fraction of sp³-hybridized carbons (Fsp3) is 0.467. The van der Waals surface area contributed by atoms with Gasteiger partial charge in [0, 0.05) is 44.5 Å². The van der Waals surface area contributed by atoms with Gasteiger partial charge in [-0.3, -0.25) is 4.68 Å². The van der Waals surface area contributed by atoms with Crippen molar-refractivity contribution in [1.82, 2.24) is 24.7 Å². The third kappa shape index (κ3) is 4.59. The van der Waals surface area contributed by atoms with Crippen molar-refractivity contribution >= 4 is 27.4 Å². The summed E-state index contributed by atoms with van der Waals surface area (Å²) in [6, 6.07) is 3.03. The standard InChI is InChI=1S/C15H21N5O3S2/c1-19-11-12(10-17-19)9-16-15(21)20-6-4-13(5-7-20)18-25(22,23)14-3-2-8-24-14/h2-3,8,10-11,13,18H,4-7,9H2,1H3,(H,16,21). The molecule has 0 bridgehead atoms. The number of amides is 2. The number of aryl methyl sites for hydroxylation is 1. The molecular weight excluding hydrogens is 362 g/mol. The molecule has 1 aliphatic rings. The van der Waals surface area contributed by atoms with Gasteiger partial charge in [-0.25, -0.2) is 17.9 Å². The summed E-state index contributed by atoms with van der Waals surface area (Å²) in [5.74, 6) is 0. The van der Waals surface area contributed by atoms with Crippen molar-refractivity contribution in [3.8, 4) is 0 Å². The molecule has 136 valence electrons. The number of piperidine rings is 1. The van der Waals surface area contributed by atoms with Crippen LogP contribution in [0.1, 0.15) is 18.4 Å². The average Bonchev–Trinajstić information content (AvgIpc) is 3.25. The van der Waals surface area contributed by atoms with Crippen molar-refractivity contribution in [3.63, 3.8) is 0 Å². The zero-order valence-corrected chi connectivity index (χ0v) is 15.5. The molecule has 0 unspecified atom stereocenters. The number of nitrogens with zero attached hydrogens (tertiary/aromatic N) is 3. The second-order valence-corrected chi connectivity index (χ2v) is 8.88. The Hall–Kier alpha value is -1.91. The predicted octanol–water partition coefficient (Wildman–Crippen LogP) is 1.13. The van der Waals surface area contributed by atoms with Crippen LogP contribution in [0.2, 0.25) is 0 Å². The molecule has 25 heavy (non-hydrogen) atoms. The quantitative estimate of drug-likeness (QED) is 0.809. The van der Waals surface area contributed by atoms with E-state index < -0.39 is 10.0 Å². The molecule has 2 aromatic rings. The maximum Gasteiger partial charge on any atom is 0.317 e. The Morgan fingerprint density at radius 3 is 2.76 bits per heavy atom. The largest absolute Gasteiger partial charge is 0.334 e. The maximum absolute atomic E-state index is 12.2. The van der Waals surface area contributed by atoms with Gasteiger partial charge in [-0.1, -0.05) is 6.07 Å². The Bertz CT molecular complexity index is 808. The minimum atomic E-state index is -3.46. The highest BCUT2D eigenvalue weighted by atomic mass is 32.2. The van der Waals surface area contributed by atoms with Crippen LogP contribution in [0.15, 0.2) is 34.1 Å². The fourth-order valence-electron chi connectivity index (χ4n) is 2.75. The molecule has 0 atom stereocenters. The molecule has 1 saturated heterocycles. The van der Waals surface area contributed by atoms with Gasteiger partial charge in [0.2, 0.25) is 10.0 Å². The Morgan fingerprint density at radius 1 is 1.40 bits per heavy atom. The Kier molecular flexibility index (Phi) is 5.40. The SMILES string of the molecule is Cn1cc(CNC(=O)N2CCC(NS(=O)(=O)c3cccs3)CC2)cn1. The molecule has 1 aliphatic heterocycles. The van der Waals surface area contributed by atoms with Crippen molar-refractivity contribution in [1.29, 1.82) is 0 Å². The highest BCUT2D eigenvalue weighted by molar-refractivity contribution is 7.91. The molecular formula is C15H21N5O3S2. The highest BCUT2D eigenvalue weighted by Gasteiger charge is 2.27. The lowest BCUT2D eigenvalue weighted by Gasteiger charge is -2.32. The molecule has 8 nitrogen and oxygen atoms in total. The molecule has 3 heterocycles. The first-order chi connectivity index (χ1) is 11.9. The number of urea groups is 1. The molecule has 0 saturated carbocycles. The van der Waals surface area contributed by atoms with E-state index in [4.69, 9.17) is 0 Å². The lowest BCUT2D eigenvalue weighted by atomic mass is 10.1. The Balaban J connectivity index is 1.46. The van der Waals surface area contributed by atoms with Crippen molar-refractivity contribution in [2.75, 3.05) is 13.1 Å². The number of carbonyl (C=O) groups excluding carboxylic acids is 1. The van der Waals surface area contributed by atoms with Crippen LogP contribution >= 0.6 is 11.3 Å². The zero-order chi connectivity index (χ0) is 17.9. The molecule has 0 aliphatic carbocycles. The first-order valence-corrected chi connectivity index (χ1v) is 10.4. The number of nitrogens with one attached hydrogen (secondary N) is 2. The molecule has 2 aromatic heterocycles. The fourth-order valence-corrected chi connectivity index (χ4v) is 5.06. The molecule has 0 radical (unpaired) electrons. The number of hydrogen-bond donors (Lipinski definition) is 2. The molecule has 0 aromatic carbocycles. The summed E-state index contributed by atoms with van der Waals surface area (Å²) >= 11 is 1.20. The summed E-state index contributed by atoms with van der Waals surface area (Å²) in [6.45, 7) is 1.48. The van der Waals surface area contributed by atoms with Crippen LogP contribution in [0.25, 0.3) is 0 Å². The van der Waals surface area contributed by atoms with Gasteiger partial charge in [0.1, 0.15) is 4.21 Å². The van der Waals surface area contributed by atoms with Gasteiger partial charge < -0.3 is 10.2 Å². The van der Waals surface area contributed by atoms with Crippen LogP contribution in [0, 0.1) is 0 Å². The van der Waals surface area contributed by atoms with E-state index in [-0.39, 0.29) is 12.1 Å². The lowest BCUT2D eigenvalue weighted by Crippen LogP contribution is -2.49. The molecule has 3 rings (SSSR count). The molecule has 2 N–H and O–H groups in total. The van der Waals surface area contributed by atoms with E-state index in [2.05, 4.69) is 15.1 Å². The lowest BCUT2D eigenvalue weighted by molar-refractivity contribution is 0.179. The second-order valence-electron chi connectivity index (χ2n) is 6.00. The third-order valence-corrected chi connectivity index (χ3v) is 6.98. The summed E-state index contributed by atoms with van der Waals surface area (Å²) in [5, 5.41) is 8.66. The van der Waals surface area contributed by atoms with Gasteiger partial charge in [0.15, 0.2) is 0 Å². The zero-order valence-electron chi connectivity index (χ0n) is 13.9. The summed E-state index contributed by atoms with van der Waals surface area (Å²) in [4.78, 5) is 13.9. The van der Waals surface area contributed by atoms with Crippen LogP contribution in [0.3, 0.4) is 0 Å². The maximum atomic E-state index is 12.2. The van der Waals surface area contributed by atoms with E-state index in [1.165, 1.54) is 11.3 Å². The average molecular weight is 383 g/mol. The van der Waals surface area contributed by atoms with Gasteiger partial charge in [0.25, 0.3) is 0 Å². The number of sulfonamides is 1. The minimum absolute atomic E-state index is 0.136. The van der Waals surface area contributed by atoms with Gasteiger partial charge in [-0.2, -0.15) is 5.10 Å². The van der Waals surface area contributed by atoms with Gasteiger partial charge in [-0.15, -0.1) is 11.3 Å². The van der Waals surface area contributed by atoms with E-state index in [9.17, 15) is 13.2 Å². The van der Waals surface area contributed by atoms with E-state index in [1.54, 1.807) is 33.3 Å². The number of rotatable bonds is 5. The van der Waals surface area contributed by atoms with Crippen LogP contribution in [-0.2, 0) is 23.6 Å². The first kappa shape index (κ1) is 17.9. The molecule has 10 heteroatoms. The minimum Gasteiger partial charge on any atom is -0.334 e. The number of hydrogen-bond acceptors (Lipinski definition) is 5.